The van der Waals surface area contributed by atoms with Gasteiger partial charge >= 0.3 is 0 Å². The minimum absolute atomic E-state index is 0.0135. The van der Waals surface area contributed by atoms with Gasteiger partial charge in [0.25, 0.3) is 10.0 Å². The normalized spacial score (nSPS) is 12.5. The first kappa shape index (κ1) is 21.4. The third-order valence-corrected chi connectivity index (χ3v) is 7.75. The monoisotopic (exact) mass is 410 g/mol. The summed E-state index contributed by atoms with van der Waals surface area (Å²) in [5.74, 6) is 0.158. The molecule has 2 rings (SSSR count). The van der Waals surface area contributed by atoms with Crippen molar-refractivity contribution in [2.45, 2.75) is 43.4 Å². The Balaban J connectivity index is 2.34. The maximum Gasteiger partial charge on any atom is 0.261 e. The fourth-order valence-electron chi connectivity index (χ4n) is 2.80. The molecule has 8 heteroatoms. The van der Waals surface area contributed by atoms with Crippen LogP contribution in [0.5, 0.6) is 0 Å². The molecule has 0 spiro atoms. The molecule has 0 amide bonds. The van der Waals surface area contributed by atoms with Crippen LogP contribution < -0.4 is 4.72 Å². The van der Waals surface area contributed by atoms with Gasteiger partial charge in [-0.1, -0.05) is 45.9 Å². The number of nitrogens with zero attached hydrogens (tertiary/aromatic N) is 1. The molecular formula is C19H26N2O4S2. The molecule has 6 nitrogen and oxygen atoms in total. The van der Waals surface area contributed by atoms with Gasteiger partial charge in [0.15, 0.2) is 0 Å². The summed E-state index contributed by atoms with van der Waals surface area (Å²) in [6.07, 6.45) is 0. The lowest BCUT2D eigenvalue weighted by Gasteiger charge is -2.18. The Hall–Kier alpha value is -1.90. The zero-order valence-electron chi connectivity index (χ0n) is 16.0. The molecule has 0 bridgehead atoms. The standard InChI is InChI=1S/C19H26N2O4S2/c1-5-21(6-2)27(24,25)17-13-11-16(12-14-17)26(22,23)20-19-10-8-7-9-18(19)15(3)4/h7-15,20H,5-6H2,1-4H3. The lowest BCUT2D eigenvalue weighted by atomic mass is 10.0. The van der Waals surface area contributed by atoms with E-state index in [9.17, 15) is 16.8 Å². The second kappa shape index (κ2) is 8.41. The van der Waals surface area contributed by atoms with E-state index in [1.807, 2.05) is 26.0 Å². The minimum Gasteiger partial charge on any atom is -0.279 e. The second-order valence-electron chi connectivity index (χ2n) is 6.41. The second-order valence-corrected chi connectivity index (χ2v) is 10.0. The molecule has 0 unspecified atom stereocenters. The molecule has 2 aromatic carbocycles. The van der Waals surface area contributed by atoms with Crippen LogP contribution in [0.2, 0.25) is 0 Å². The predicted molar refractivity (Wildman–Crippen MR) is 108 cm³/mol. The highest BCUT2D eigenvalue weighted by Gasteiger charge is 2.23. The quantitative estimate of drug-likeness (QED) is 0.720. The van der Waals surface area contributed by atoms with Crippen LogP contribution >= 0.6 is 0 Å². The first-order valence-corrected chi connectivity index (χ1v) is 11.8. The molecule has 0 aliphatic carbocycles. The number of rotatable bonds is 8. The Bertz CT molecular complexity index is 979. The average molecular weight is 411 g/mol. The van der Waals surface area contributed by atoms with Crippen molar-refractivity contribution in [3.8, 4) is 0 Å². The van der Waals surface area contributed by atoms with Gasteiger partial charge in [0.05, 0.1) is 15.5 Å². The molecule has 0 fully saturated rings. The summed E-state index contributed by atoms with van der Waals surface area (Å²) >= 11 is 0. The molecule has 1 N–H and O–H groups in total. The third-order valence-electron chi connectivity index (χ3n) is 4.30. The summed E-state index contributed by atoms with van der Waals surface area (Å²) in [5.41, 5.74) is 1.41. The average Bonchev–Trinajstić information content (AvgIpc) is 2.62. The van der Waals surface area contributed by atoms with Crippen molar-refractivity contribution in [3.63, 3.8) is 0 Å². The van der Waals surface area contributed by atoms with Crippen molar-refractivity contribution in [2.24, 2.45) is 0 Å². The van der Waals surface area contributed by atoms with Crippen LogP contribution in [-0.2, 0) is 20.0 Å². The number of para-hydroxylation sites is 1. The van der Waals surface area contributed by atoms with Gasteiger partial charge in [-0.05, 0) is 41.8 Å². The van der Waals surface area contributed by atoms with E-state index < -0.39 is 20.0 Å². The largest absolute Gasteiger partial charge is 0.279 e. The molecule has 27 heavy (non-hydrogen) atoms. The van der Waals surface area contributed by atoms with Crippen molar-refractivity contribution >= 4 is 25.7 Å². The summed E-state index contributed by atoms with van der Waals surface area (Å²) in [4.78, 5) is 0.0901. The van der Waals surface area contributed by atoms with E-state index in [2.05, 4.69) is 4.72 Å². The Morgan fingerprint density at radius 1 is 0.852 bits per heavy atom. The third kappa shape index (κ3) is 4.69. The number of nitrogens with one attached hydrogen (secondary N) is 1. The van der Waals surface area contributed by atoms with E-state index in [0.717, 1.165) is 5.56 Å². The van der Waals surface area contributed by atoms with Crippen molar-refractivity contribution < 1.29 is 16.8 Å². The van der Waals surface area contributed by atoms with Crippen LogP contribution in [-0.4, -0.2) is 34.2 Å². The number of hydrogen-bond donors (Lipinski definition) is 1. The van der Waals surface area contributed by atoms with Gasteiger partial charge < -0.3 is 0 Å². The van der Waals surface area contributed by atoms with Gasteiger partial charge in [-0.3, -0.25) is 4.72 Å². The SMILES string of the molecule is CCN(CC)S(=O)(=O)c1ccc(S(=O)(=O)Nc2ccccc2C(C)C)cc1. The van der Waals surface area contributed by atoms with E-state index >= 15 is 0 Å². The van der Waals surface area contributed by atoms with Crippen molar-refractivity contribution in [2.75, 3.05) is 17.8 Å². The van der Waals surface area contributed by atoms with E-state index in [4.69, 9.17) is 0 Å². The molecule has 0 aliphatic rings. The summed E-state index contributed by atoms with van der Waals surface area (Å²) < 4.78 is 54.4. The van der Waals surface area contributed by atoms with Crippen LogP contribution in [0.25, 0.3) is 0 Å². The maximum atomic E-state index is 12.7. The molecular weight excluding hydrogens is 384 g/mol. The molecule has 0 saturated heterocycles. The number of hydrogen-bond acceptors (Lipinski definition) is 4. The fraction of sp³-hybridized carbons (Fsp3) is 0.368. The summed E-state index contributed by atoms with van der Waals surface area (Å²) in [5, 5.41) is 0. The van der Waals surface area contributed by atoms with Crippen molar-refractivity contribution in [1.82, 2.24) is 4.31 Å². The van der Waals surface area contributed by atoms with Crippen molar-refractivity contribution in [3.05, 3.63) is 54.1 Å². The Kier molecular flexibility index (Phi) is 6.67. The van der Waals surface area contributed by atoms with Crippen LogP contribution in [0.15, 0.2) is 58.3 Å². The molecule has 2 aromatic rings. The lowest BCUT2D eigenvalue weighted by molar-refractivity contribution is 0.445. The Labute approximate surface area is 162 Å². The first-order valence-electron chi connectivity index (χ1n) is 8.85. The van der Waals surface area contributed by atoms with Gasteiger partial charge in [-0.2, -0.15) is 4.31 Å². The number of sulfonamides is 2. The summed E-state index contributed by atoms with van der Waals surface area (Å²) in [6, 6.07) is 12.5. The molecule has 0 saturated carbocycles. The molecule has 148 valence electrons. The van der Waals surface area contributed by atoms with Crippen LogP contribution in [0, 0.1) is 0 Å². The minimum atomic E-state index is -3.82. The van der Waals surface area contributed by atoms with Gasteiger partial charge in [0, 0.05) is 13.1 Å². The maximum absolute atomic E-state index is 12.7. The Morgan fingerprint density at radius 3 is 1.89 bits per heavy atom. The lowest BCUT2D eigenvalue weighted by Crippen LogP contribution is -2.30. The van der Waals surface area contributed by atoms with Crippen molar-refractivity contribution in [1.29, 1.82) is 0 Å². The van der Waals surface area contributed by atoms with E-state index in [0.29, 0.717) is 18.8 Å². The van der Waals surface area contributed by atoms with E-state index in [1.54, 1.807) is 26.0 Å². The summed E-state index contributed by atoms with van der Waals surface area (Å²) in [6.45, 7) is 8.20. The smallest absolute Gasteiger partial charge is 0.261 e. The van der Waals surface area contributed by atoms with Crippen LogP contribution in [0.4, 0.5) is 5.69 Å². The van der Waals surface area contributed by atoms with Gasteiger partial charge in [-0.25, -0.2) is 16.8 Å². The van der Waals surface area contributed by atoms with Crippen LogP contribution in [0.1, 0.15) is 39.2 Å². The van der Waals surface area contributed by atoms with E-state index in [1.165, 1.54) is 28.6 Å². The van der Waals surface area contributed by atoms with Gasteiger partial charge in [0.1, 0.15) is 0 Å². The van der Waals surface area contributed by atoms with E-state index in [-0.39, 0.29) is 15.7 Å². The zero-order valence-corrected chi connectivity index (χ0v) is 17.6. The fourth-order valence-corrected chi connectivity index (χ4v) is 5.35. The van der Waals surface area contributed by atoms with Gasteiger partial charge in [-0.15, -0.1) is 0 Å². The molecule has 0 aliphatic heterocycles. The number of benzene rings is 2. The predicted octanol–water partition coefficient (Wildman–Crippen LogP) is 3.64. The zero-order chi connectivity index (χ0) is 20.2. The highest BCUT2D eigenvalue weighted by atomic mass is 32.2. The highest BCUT2D eigenvalue weighted by molar-refractivity contribution is 7.92. The molecule has 0 heterocycles. The summed E-state index contributed by atoms with van der Waals surface area (Å²) in [7, 11) is -7.44. The topological polar surface area (TPSA) is 83.6 Å². The molecule has 0 atom stereocenters. The first-order chi connectivity index (χ1) is 12.6. The van der Waals surface area contributed by atoms with Gasteiger partial charge in [0.2, 0.25) is 10.0 Å². The van der Waals surface area contributed by atoms with Crippen LogP contribution in [0.3, 0.4) is 0 Å². The Morgan fingerprint density at radius 2 is 1.37 bits per heavy atom. The molecule has 0 aromatic heterocycles. The highest BCUT2D eigenvalue weighted by Crippen LogP contribution is 2.26. The molecule has 0 radical (unpaired) electrons. The number of anilines is 1.